The predicted molar refractivity (Wildman–Crippen MR) is 119 cm³/mol. The highest BCUT2D eigenvalue weighted by Crippen LogP contribution is 2.62. The van der Waals surface area contributed by atoms with Gasteiger partial charge in [-0.2, -0.15) is 11.8 Å². The molecular weight excluding hydrogens is 360 g/mol. The van der Waals surface area contributed by atoms with Crippen molar-refractivity contribution in [3.05, 3.63) is 11.6 Å². The van der Waals surface area contributed by atoms with Gasteiger partial charge in [0, 0.05) is 35.2 Å². The van der Waals surface area contributed by atoms with Gasteiger partial charge in [-0.05, 0) is 81.5 Å². The van der Waals surface area contributed by atoms with E-state index < -0.39 is 0 Å². The lowest BCUT2D eigenvalue weighted by atomic mass is 9.65. The fraction of sp³-hybridized carbons (Fsp3) is 0.920. The smallest absolute Gasteiger partial charge is 0.0287 e. The van der Waals surface area contributed by atoms with Gasteiger partial charge in [-0.3, -0.25) is 4.90 Å². The predicted octanol–water partition coefficient (Wildman–Crippen LogP) is 5.37. The minimum Gasteiger partial charge on any atom is -0.327 e. The first-order valence-electron chi connectivity index (χ1n) is 12.7. The van der Waals surface area contributed by atoms with Gasteiger partial charge in [0.05, 0.1) is 0 Å². The highest BCUT2D eigenvalue weighted by atomic mass is 32.2. The van der Waals surface area contributed by atoms with Crippen LogP contribution < -0.4 is 5.73 Å². The molecule has 0 aromatic rings. The van der Waals surface area contributed by atoms with Gasteiger partial charge < -0.3 is 5.73 Å². The standard InChI is InChI=1S/C25H40N2S/c26-15-16-6-5-7-17(14-16)27-21-10-3-1-9-20(21)24-22(27)13-12-19-18-8-2-4-11-23(18)28-25(19)24/h14,17-25H,1-13,15,26H2. The average Bonchev–Trinajstić information content (AvgIpc) is 3.29. The summed E-state index contributed by atoms with van der Waals surface area (Å²) in [5, 5.41) is 2.03. The van der Waals surface area contributed by atoms with Crippen molar-refractivity contribution in [1.82, 2.24) is 4.90 Å². The lowest BCUT2D eigenvalue weighted by Gasteiger charge is -2.44. The van der Waals surface area contributed by atoms with Crippen LogP contribution in [0.1, 0.15) is 83.5 Å². The van der Waals surface area contributed by atoms with Gasteiger partial charge in [0.15, 0.2) is 0 Å². The number of hydrogen-bond donors (Lipinski definition) is 1. The molecule has 0 bridgehead atoms. The summed E-state index contributed by atoms with van der Waals surface area (Å²) in [5.74, 6) is 4.17. The number of nitrogens with two attached hydrogens (primary N) is 1. The van der Waals surface area contributed by atoms with Crippen LogP contribution in [0.15, 0.2) is 11.6 Å². The lowest BCUT2D eigenvalue weighted by molar-refractivity contribution is 0.0847. The summed E-state index contributed by atoms with van der Waals surface area (Å²) >= 11 is 2.50. The van der Waals surface area contributed by atoms with Gasteiger partial charge in [-0.25, -0.2) is 0 Å². The Bertz CT molecular complexity index is 618. The average molecular weight is 401 g/mol. The van der Waals surface area contributed by atoms with E-state index in [4.69, 9.17) is 5.73 Å². The number of likely N-dealkylation sites (tertiary alicyclic amines) is 1. The lowest BCUT2D eigenvalue weighted by Crippen LogP contribution is -2.49. The second kappa shape index (κ2) is 7.61. The molecule has 6 aliphatic rings. The second-order valence-electron chi connectivity index (χ2n) is 10.9. The van der Waals surface area contributed by atoms with Crippen molar-refractivity contribution >= 4 is 11.8 Å². The van der Waals surface area contributed by atoms with Crippen LogP contribution >= 0.6 is 11.8 Å². The Balaban J connectivity index is 1.32. The van der Waals surface area contributed by atoms with E-state index in [0.29, 0.717) is 6.04 Å². The van der Waals surface area contributed by atoms with E-state index in [1.54, 1.807) is 12.0 Å². The van der Waals surface area contributed by atoms with E-state index >= 15 is 0 Å². The van der Waals surface area contributed by atoms with Crippen LogP contribution in [-0.2, 0) is 0 Å². The molecule has 9 atom stereocenters. The molecule has 2 nitrogen and oxygen atoms in total. The van der Waals surface area contributed by atoms with Crippen LogP contribution in [0, 0.1) is 23.7 Å². The van der Waals surface area contributed by atoms with Crippen molar-refractivity contribution in [2.24, 2.45) is 29.4 Å². The molecule has 0 aromatic carbocycles. The van der Waals surface area contributed by atoms with E-state index in [-0.39, 0.29) is 0 Å². The molecule has 156 valence electrons. The summed E-state index contributed by atoms with van der Waals surface area (Å²) in [6, 6.07) is 2.49. The first kappa shape index (κ1) is 18.8. The van der Waals surface area contributed by atoms with E-state index in [1.807, 2.05) is 0 Å². The molecular formula is C25H40N2S. The Morgan fingerprint density at radius 2 is 1.64 bits per heavy atom. The van der Waals surface area contributed by atoms with Gasteiger partial charge in [0.25, 0.3) is 0 Å². The molecule has 2 heterocycles. The summed E-state index contributed by atoms with van der Waals surface area (Å²) < 4.78 is 0. The Morgan fingerprint density at radius 3 is 2.54 bits per heavy atom. The van der Waals surface area contributed by atoms with Crippen LogP contribution in [-0.4, -0.2) is 40.1 Å². The number of fused-ring (bicyclic) bond motifs is 7. The molecule has 3 saturated carbocycles. The van der Waals surface area contributed by atoms with Crippen LogP contribution in [0.25, 0.3) is 0 Å². The molecule has 3 heteroatoms. The summed E-state index contributed by atoms with van der Waals surface area (Å²) in [4.78, 5) is 3.11. The zero-order valence-electron chi connectivity index (χ0n) is 17.6. The quantitative estimate of drug-likeness (QED) is 0.632. The fourth-order valence-corrected chi connectivity index (χ4v) is 11.2. The van der Waals surface area contributed by atoms with Crippen molar-refractivity contribution < 1.29 is 0 Å². The van der Waals surface area contributed by atoms with Gasteiger partial charge in [0.1, 0.15) is 0 Å². The van der Waals surface area contributed by atoms with Crippen LogP contribution in [0.2, 0.25) is 0 Å². The zero-order valence-corrected chi connectivity index (χ0v) is 18.4. The van der Waals surface area contributed by atoms with E-state index in [2.05, 4.69) is 22.7 Å². The minimum atomic E-state index is 0.707. The van der Waals surface area contributed by atoms with Crippen LogP contribution in [0.4, 0.5) is 0 Å². The van der Waals surface area contributed by atoms with Crippen molar-refractivity contribution in [3.63, 3.8) is 0 Å². The summed E-state index contributed by atoms with van der Waals surface area (Å²) in [6.45, 7) is 0.788. The zero-order chi connectivity index (χ0) is 18.7. The molecule has 5 fully saturated rings. The third-order valence-electron chi connectivity index (χ3n) is 9.79. The molecule has 2 aliphatic heterocycles. The number of nitrogens with zero attached hydrogens (tertiary/aromatic N) is 1. The van der Waals surface area contributed by atoms with E-state index in [9.17, 15) is 0 Å². The molecule has 2 N–H and O–H groups in total. The monoisotopic (exact) mass is 400 g/mol. The number of hydrogen-bond acceptors (Lipinski definition) is 3. The number of rotatable bonds is 2. The first-order valence-corrected chi connectivity index (χ1v) is 13.6. The third-order valence-corrected chi connectivity index (χ3v) is 11.7. The molecule has 0 radical (unpaired) electrons. The Labute approximate surface area is 176 Å². The molecule has 4 aliphatic carbocycles. The van der Waals surface area contributed by atoms with Crippen molar-refractivity contribution in [2.45, 2.75) is 112 Å². The molecule has 28 heavy (non-hydrogen) atoms. The van der Waals surface area contributed by atoms with E-state index in [1.165, 1.54) is 77.0 Å². The minimum absolute atomic E-state index is 0.707. The molecule has 2 saturated heterocycles. The topological polar surface area (TPSA) is 29.3 Å². The second-order valence-corrected chi connectivity index (χ2v) is 12.3. The van der Waals surface area contributed by atoms with Gasteiger partial charge in [-0.1, -0.05) is 37.3 Å². The molecule has 0 aromatic heterocycles. The van der Waals surface area contributed by atoms with Gasteiger partial charge in [0.2, 0.25) is 0 Å². The molecule has 6 rings (SSSR count). The van der Waals surface area contributed by atoms with Gasteiger partial charge in [-0.15, -0.1) is 0 Å². The largest absolute Gasteiger partial charge is 0.327 e. The maximum atomic E-state index is 6.07. The van der Waals surface area contributed by atoms with Crippen molar-refractivity contribution in [3.8, 4) is 0 Å². The highest BCUT2D eigenvalue weighted by molar-refractivity contribution is 8.00. The summed E-state index contributed by atoms with van der Waals surface area (Å²) in [6.07, 6.45) is 21.8. The van der Waals surface area contributed by atoms with Crippen molar-refractivity contribution in [1.29, 1.82) is 0 Å². The summed E-state index contributed by atoms with van der Waals surface area (Å²) in [5.41, 5.74) is 7.62. The Morgan fingerprint density at radius 1 is 0.821 bits per heavy atom. The van der Waals surface area contributed by atoms with Crippen LogP contribution in [0.5, 0.6) is 0 Å². The maximum absolute atomic E-state index is 6.07. The Hall–Kier alpha value is 0.01000. The third kappa shape index (κ3) is 2.89. The van der Waals surface area contributed by atoms with Crippen molar-refractivity contribution in [2.75, 3.05) is 6.54 Å². The fourth-order valence-electron chi connectivity index (χ4n) is 8.82. The molecule has 9 unspecified atom stereocenters. The normalized spacial score (nSPS) is 51.0. The maximum Gasteiger partial charge on any atom is 0.0287 e. The van der Waals surface area contributed by atoms with E-state index in [0.717, 1.165) is 52.8 Å². The Kier molecular flexibility index (Phi) is 5.10. The van der Waals surface area contributed by atoms with Gasteiger partial charge >= 0.3 is 0 Å². The first-order chi connectivity index (χ1) is 13.8. The summed E-state index contributed by atoms with van der Waals surface area (Å²) in [7, 11) is 0. The molecule has 0 spiro atoms. The SMILES string of the molecule is NCC1=CC(N2C3CCCCC3C3C4SC5CCCCC5C4CCC32)CCC1. The molecule has 0 amide bonds. The number of thioether (sulfide) groups is 1. The van der Waals surface area contributed by atoms with Crippen LogP contribution in [0.3, 0.4) is 0 Å². The highest BCUT2D eigenvalue weighted by Gasteiger charge is 2.60.